The number of para-hydroxylation sites is 3. The molecular formula is C29H31BrN4O. The van der Waals surface area contributed by atoms with Crippen LogP contribution in [0.4, 0.5) is 5.69 Å². The van der Waals surface area contributed by atoms with E-state index in [1.807, 2.05) is 6.07 Å². The number of nitrogens with zero attached hydrogens (tertiary/aromatic N) is 4. The largest absolute Gasteiger partial charge is 1.00 e. The van der Waals surface area contributed by atoms with E-state index in [1.54, 1.807) is 0 Å². The van der Waals surface area contributed by atoms with Gasteiger partial charge in [-0.3, -0.25) is 4.79 Å². The average molecular weight is 531 g/mol. The number of amides is 1. The molecule has 2 aliphatic heterocycles. The van der Waals surface area contributed by atoms with Gasteiger partial charge in [0, 0.05) is 24.7 Å². The zero-order valence-electron chi connectivity index (χ0n) is 20.5. The number of hydrogen-bond acceptors (Lipinski definition) is 2. The van der Waals surface area contributed by atoms with Crippen LogP contribution in [-0.4, -0.2) is 35.1 Å². The maximum absolute atomic E-state index is 13.7. The molecule has 3 heterocycles. The predicted molar refractivity (Wildman–Crippen MR) is 135 cm³/mol. The van der Waals surface area contributed by atoms with E-state index in [0.717, 1.165) is 30.5 Å². The van der Waals surface area contributed by atoms with Crippen LogP contribution in [0.3, 0.4) is 0 Å². The summed E-state index contributed by atoms with van der Waals surface area (Å²) >= 11 is 0. The van der Waals surface area contributed by atoms with Crippen molar-refractivity contribution >= 4 is 22.6 Å². The van der Waals surface area contributed by atoms with Crippen molar-refractivity contribution in [1.29, 1.82) is 0 Å². The molecule has 2 unspecified atom stereocenters. The SMILES string of the molecule is Cc1ccc(C[n+]2cn(CC(=O)N3CCC4(C)c5ccccc5N(C)C34)c3ccccc32)cc1.[Br-]. The normalized spacial score (nSPS) is 20.6. The number of carbonyl (C=O) groups is 1. The van der Waals surface area contributed by atoms with Gasteiger partial charge in [0.15, 0.2) is 17.6 Å². The quantitative estimate of drug-likeness (QED) is 0.372. The van der Waals surface area contributed by atoms with Gasteiger partial charge in [0.05, 0.1) is 0 Å². The lowest BCUT2D eigenvalue weighted by atomic mass is 9.81. The van der Waals surface area contributed by atoms with Crippen molar-refractivity contribution in [1.82, 2.24) is 9.47 Å². The van der Waals surface area contributed by atoms with Gasteiger partial charge in [-0.15, -0.1) is 0 Å². The van der Waals surface area contributed by atoms with Crippen molar-refractivity contribution in [2.45, 2.75) is 44.9 Å². The topological polar surface area (TPSA) is 32.4 Å². The third-order valence-electron chi connectivity index (χ3n) is 7.88. The van der Waals surface area contributed by atoms with Crippen molar-refractivity contribution in [2.75, 3.05) is 18.5 Å². The predicted octanol–water partition coefficient (Wildman–Crippen LogP) is 1.26. The number of aryl methyl sites for hydroxylation is 1. The van der Waals surface area contributed by atoms with E-state index in [1.165, 1.54) is 22.4 Å². The van der Waals surface area contributed by atoms with Crippen molar-refractivity contribution in [3.63, 3.8) is 0 Å². The molecule has 0 radical (unpaired) electrons. The maximum atomic E-state index is 13.7. The minimum atomic E-state index is -0.0227. The highest BCUT2D eigenvalue weighted by atomic mass is 79.9. The second-order valence-electron chi connectivity index (χ2n) is 10.1. The smallest absolute Gasteiger partial charge is 0.266 e. The van der Waals surface area contributed by atoms with Gasteiger partial charge in [-0.2, -0.15) is 0 Å². The lowest BCUT2D eigenvalue weighted by molar-refractivity contribution is -0.663. The van der Waals surface area contributed by atoms with Crippen molar-refractivity contribution in [2.24, 2.45) is 0 Å². The van der Waals surface area contributed by atoms with Crippen LogP contribution in [0.1, 0.15) is 30.0 Å². The van der Waals surface area contributed by atoms with E-state index in [-0.39, 0.29) is 34.5 Å². The zero-order valence-corrected chi connectivity index (χ0v) is 22.1. The minimum absolute atomic E-state index is 0. The molecule has 2 atom stereocenters. The number of benzene rings is 3. The molecular weight excluding hydrogens is 500 g/mol. The van der Waals surface area contributed by atoms with Crippen LogP contribution < -0.4 is 26.4 Å². The first-order chi connectivity index (χ1) is 16.5. The number of hydrogen-bond donors (Lipinski definition) is 0. The van der Waals surface area contributed by atoms with Gasteiger partial charge in [-0.05, 0) is 42.7 Å². The Kier molecular flexibility index (Phi) is 5.96. The first-order valence-corrected chi connectivity index (χ1v) is 12.1. The number of carbonyl (C=O) groups excluding carboxylic acids is 1. The number of fused-ring (bicyclic) bond motifs is 4. The lowest BCUT2D eigenvalue weighted by Crippen LogP contribution is -3.00. The van der Waals surface area contributed by atoms with E-state index in [4.69, 9.17) is 0 Å². The summed E-state index contributed by atoms with van der Waals surface area (Å²) in [6.07, 6.45) is 3.16. The van der Waals surface area contributed by atoms with Crippen molar-refractivity contribution < 1.29 is 26.3 Å². The molecule has 0 spiro atoms. The molecule has 2 aliphatic rings. The molecule has 1 aromatic heterocycles. The Morgan fingerprint density at radius 2 is 1.74 bits per heavy atom. The van der Waals surface area contributed by atoms with Gasteiger partial charge < -0.3 is 26.8 Å². The van der Waals surface area contributed by atoms with Crippen LogP contribution in [0.25, 0.3) is 11.0 Å². The van der Waals surface area contributed by atoms with E-state index < -0.39 is 0 Å². The molecule has 5 nitrogen and oxygen atoms in total. The van der Waals surface area contributed by atoms with Crippen LogP contribution in [0.2, 0.25) is 0 Å². The summed E-state index contributed by atoms with van der Waals surface area (Å²) in [5, 5.41) is 0. The first-order valence-electron chi connectivity index (χ1n) is 12.1. The molecule has 1 fully saturated rings. The average Bonchev–Trinajstić information content (AvgIpc) is 3.45. The van der Waals surface area contributed by atoms with Crippen LogP contribution in [0, 0.1) is 6.92 Å². The summed E-state index contributed by atoms with van der Waals surface area (Å²) < 4.78 is 4.36. The van der Waals surface area contributed by atoms with Crippen LogP contribution in [0.5, 0.6) is 0 Å². The molecule has 180 valence electrons. The summed E-state index contributed by atoms with van der Waals surface area (Å²) in [6.45, 7) is 6.34. The monoisotopic (exact) mass is 530 g/mol. The van der Waals surface area contributed by atoms with Gasteiger partial charge >= 0.3 is 0 Å². The first kappa shape index (κ1) is 23.6. The lowest BCUT2D eigenvalue weighted by Gasteiger charge is -2.34. The summed E-state index contributed by atoms with van der Waals surface area (Å²) in [5.74, 6) is 0.177. The summed E-state index contributed by atoms with van der Waals surface area (Å²) in [6, 6.07) is 25.6. The van der Waals surface area contributed by atoms with Gasteiger partial charge in [0.25, 0.3) is 5.91 Å². The number of aromatic nitrogens is 2. The standard InChI is InChI=1S/C29H31N4O.BrH/c1-21-12-14-22(15-13-21)18-31-20-32(26-11-7-6-10-25(26)31)19-27(34)33-17-16-29(2)23-8-4-5-9-24(23)30(3)28(29)33;/h4-15,20,28H,16-19H2,1-3H3;1H/q+1;/p-1. The van der Waals surface area contributed by atoms with E-state index in [2.05, 4.69) is 113 Å². The van der Waals surface area contributed by atoms with E-state index in [9.17, 15) is 4.79 Å². The Bertz CT molecular complexity index is 1400. The van der Waals surface area contributed by atoms with Gasteiger partial charge in [0.1, 0.15) is 12.7 Å². The highest BCUT2D eigenvalue weighted by molar-refractivity contribution is 5.81. The number of imidazole rings is 1. The molecule has 0 saturated carbocycles. The Balaban J connectivity index is 0.00000253. The summed E-state index contributed by atoms with van der Waals surface area (Å²) in [7, 11) is 2.13. The van der Waals surface area contributed by atoms with Gasteiger partial charge in [-0.25, -0.2) is 9.13 Å². The number of halogens is 1. The van der Waals surface area contributed by atoms with Crippen molar-refractivity contribution in [3.05, 3.63) is 95.8 Å². The Labute approximate surface area is 217 Å². The Morgan fingerprint density at radius 3 is 2.54 bits per heavy atom. The van der Waals surface area contributed by atoms with Crippen molar-refractivity contribution in [3.8, 4) is 0 Å². The molecule has 0 bridgehead atoms. The van der Waals surface area contributed by atoms with Crippen LogP contribution in [-0.2, 0) is 23.3 Å². The van der Waals surface area contributed by atoms with E-state index in [0.29, 0.717) is 6.54 Å². The summed E-state index contributed by atoms with van der Waals surface area (Å²) in [4.78, 5) is 18.1. The Hall–Kier alpha value is -3.12. The number of likely N-dealkylation sites (tertiary alicyclic amines) is 1. The highest BCUT2D eigenvalue weighted by Crippen LogP contribution is 2.51. The molecule has 1 saturated heterocycles. The number of rotatable bonds is 4. The fourth-order valence-corrected chi connectivity index (χ4v) is 6.14. The van der Waals surface area contributed by atoms with Gasteiger partial charge in [-0.1, -0.05) is 67.1 Å². The molecule has 0 N–H and O–H groups in total. The minimum Gasteiger partial charge on any atom is -1.00 e. The van der Waals surface area contributed by atoms with Gasteiger partial charge in [0.2, 0.25) is 6.33 Å². The molecule has 6 heteroatoms. The molecule has 3 aromatic carbocycles. The maximum Gasteiger partial charge on any atom is 0.266 e. The second kappa shape index (κ2) is 8.83. The second-order valence-corrected chi connectivity index (χ2v) is 10.1. The Morgan fingerprint density at radius 1 is 1.03 bits per heavy atom. The molecule has 1 amide bonds. The molecule has 6 rings (SSSR count). The zero-order chi connectivity index (χ0) is 23.4. The molecule has 35 heavy (non-hydrogen) atoms. The molecule has 0 aliphatic carbocycles. The fourth-order valence-electron chi connectivity index (χ4n) is 6.14. The van der Waals surface area contributed by atoms with E-state index >= 15 is 0 Å². The highest BCUT2D eigenvalue weighted by Gasteiger charge is 2.54. The van der Waals surface area contributed by atoms with Crippen LogP contribution in [0.15, 0.2) is 79.1 Å². The summed E-state index contributed by atoms with van der Waals surface area (Å²) in [5.41, 5.74) is 7.34. The molecule has 4 aromatic rings. The number of likely N-dealkylation sites (N-methyl/N-ethyl adjacent to an activating group) is 1. The number of anilines is 1. The third kappa shape index (κ3) is 3.75. The van der Waals surface area contributed by atoms with Crippen LogP contribution >= 0.6 is 0 Å². The fraction of sp³-hybridized carbons (Fsp3) is 0.310. The third-order valence-corrected chi connectivity index (χ3v) is 7.88.